The van der Waals surface area contributed by atoms with Gasteiger partial charge in [-0.2, -0.15) is 0 Å². The van der Waals surface area contributed by atoms with Gasteiger partial charge >= 0.3 is 0 Å². The SMILES string of the molecule is CCC(NC(=O)c1cccc(C)c1)c1ncc[nH]1. The van der Waals surface area contributed by atoms with Crippen LogP contribution < -0.4 is 5.32 Å². The highest BCUT2D eigenvalue weighted by atomic mass is 16.1. The number of carbonyl (C=O) groups excluding carboxylic acids is 1. The molecule has 18 heavy (non-hydrogen) atoms. The molecule has 0 fully saturated rings. The molecule has 2 aromatic rings. The Bertz CT molecular complexity index is 520. The predicted octanol–water partition coefficient (Wildman–Crippen LogP) is 2.60. The number of nitrogens with one attached hydrogen (secondary N) is 2. The quantitative estimate of drug-likeness (QED) is 0.867. The maximum absolute atomic E-state index is 12.1. The lowest BCUT2D eigenvalue weighted by Crippen LogP contribution is -2.28. The number of nitrogens with zero attached hydrogens (tertiary/aromatic N) is 1. The van der Waals surface area contributed by atoms with E-state index in [2.05, 4.69) is 15.3 Å². The van der Waals surface area contributed by atoms with Crippen molar-refractivity contribution in [3.63, 3.8) is 0 Å². The van der Waals surface area contributed by atoms with Gasteiger partial charge in [-0.25, -0.2) is 4.98 Å². The largest absolute Gasteiger partial charge is 0.347 e. The Balaban J connectivity index is 2.11. The summed E-state index contributed by atoms with van der Waals surface area (Å²) in [5.74, 6) is 0.723. The van der Waals surface area contributed by atoms with Gasteiger partial charge in [-0.3, -0.25) is 4.79 Å². The highest BCUT2D eigenvalue weighted by Crippen LogP contribution is 2.13. The van der Waals surface area contributed by atoms with E-state index in [0.29, 0.717) is 5.56 Å². The molecule has 0 radical (unpaired) electrons. The van der Waals surface area contributed by atoms with Gasteiger partial charge in [0.2, 0.25) is 0 Å². The highest BCUT2D eigenvalue weighted by Gasteiger charge is 2.15. The monoisotopic (exact) mass is 243 g/mol. The minimum Gasteiger partial charge on any atom is -0.347 e. The van der Waals surface area contributed by atoms with Crippen molar-refractivity contribution in [2.45, 2.75) is 26.3 Å². The average Bonchev–Trinajstić information content (AvgIpc) is 2.89. The molecule has 4 heteroatoms. The van der Waals surface area contributed by atoms with Crippen LogP contribution in [-0.2, 0) is 0 Å². The van der Waals surface area contributed by atoms with Gasteiger partial charge in [-0.15, -0.1) is 0 Å². The molecule has 0 saturated heterocycles. The molecule has 0 bridgehead atoms. The molecule has 0 aliphatic carbocycles. The number of benzene rings is 1. The van der Waals surface area contributed by atoms with Gasteiger partial charge in [0.05, 0.1) is 6.04 Å². The molecule has 94 valence electrons. The minimum atomic E-state index is -0.0759. The number of carbonyl (C=O) groups is 1. The third kappa shape index (κ3) is 2.77. The predicted molar refractivity (Wildman–Crippen MR) is 70.3 cm³/mol. The summed E-state index contributed by atoms with van der Waals surface area (Å²) in [6.45, 7) is 3.99. The third-order valence-electron chi connectivity index (χ3n) is 2.84. The van der Waals surface area contributed by atoms with Gasteiger partial charge < -0.3 is 10.3 Å². The lowest BCUT2D eigenvalue weighted by atomic mass is 10.1. The molecule has 2 N–H and O–H groups in total. The molecule has 0 spiro atoms. The summed E-state index contributed by atoms with van der Waals surface area (Å²) in [5, 5.41) is 2.98. The van der Waals surface area contributed by atoms with Crippen LogP contribution in [0.3, 0.4) is 0 Å². The number of aromatic amines is 1. The van der Waals surface area contributed by atoms with Crippen molar-refractivity contribution < 1.29 is 4.79 Å². The zero-order valence-corrected chi connectivity index (χ0v) is 10.6. The van der Waals surface area contributed by atoms with Crippen LogP contribution in [0.5, 0.6) is 0 Å². The number of hydrogen-bond acceptors (Lipinski definition) is 2. The molecule has 2 rings (SSSR count). The first-order chi connectivity index (χ1) is 8.70. The molecule has 0 saturated carbocycles. The number of hydrogen-bond donors (Lipinski definition) is 2. The van der Waals surface area contributed by atoms with E-state index < -0.39 is 0 Å². The highest BCUT2D eigenvalue weighted by molar-refractivity contribution is 5.94. The van der Waals surface area contributed by atoms with E-state index in [1.54, 1.807) is 12.4 Å². The van der Waals surface area contributed by atoms with Crippen LogP contribution in [0, 0.1) is 6.92 Å². The molecule has 1 atom stereocenters. The van der Waals surface area contributed by atoms with Crippen LogP contribution in [0.15, 0.2) is 36.7 Å². The van der Waals surface area contributed by atoms with Crippen LogP contribution in [0.4, 0.5) is 0 Å². The van der Waals surface area contributed by atoms with E-state index in [0.717, 1.165) is 17.8 Å². The maximum Gasteiger partial charge on any atom is 0.251 e. The summed E-state index contributed by atoms with van der Waals surface area (Å²) in [5.41, 5.74) is 1.76. The van der Waals surface area contributed by atoms with Crippen molar-refractivity contribution in [3.8, 4) is 0 Å². The molecular formula is C14H17N3O. The number of rotatable bonds is 4. The minimum absolute atomic E-state index is 0.0676. The van der Waals surface area contributed by atoms with E-state index in [1.807, 2.05) is 38.1 Å². The van der Waals surface area contributed by atoms with Crippen LogP contribution in [0.25, 0.3) is 0 Å². The lowest BCUT2D eigenvalue weighted by Gasteiger charge is -2.14. The Morgan fingerprint density at radius 3 is 2.94 bits per heavy atom. The van der Waals surface area contributed by atoms with Gasteiger partial charge in [-0.05, 0) is 25.5 Å². The zero-order valence-electron chi connectivity index (χ0n) is 10.6. The second-order valence-corrected chi connectivity index (χ2v) is 4.28. The number of amides is 1. The molecule has 1 aromatic heterocycles. The van der Waals surface area contributed by atoms with E-state index in [9.17, 15) is 4.79 Å². The molecule has 4 nitrogen and oxygen atoms in total. The van der Waals surface area contributed by atoms with Crippen LogP contribution in [-0.4, -0.2) is 15.9 Å². The maximum atomic E-state index is 12.1. The van der Waals surface area contributed by atoms with E-state index >= 15 is 0 Å². The Morgan fingerprint density at radius 1 is 1.50 bits per heavy atom. The second kappa shape index (κ2) is 5.49. The van der Waals surface area contributed by atoms with Crippen molar-refractivity contribution in [3.05, 3.63) is 53.6 Å². The fourth-order valence-corrected chi connectivity index (χ4v) is 1.86. The number of H-pyrrole nitrogens is 1. The molecular weight excluding hydrogens is 226 g/mol. The fraction of sp³-hybridized carbons (Fsp3) is 0.286. The molecule has 0 aliphatic rings. The topological polar surface area (TPSA) is 57.8 Å². The summed E-state index contributed by atoms with van der Waals surface area (Å²) in [6.07, 6.45) is 4.25. The lowest BCUT2D eigenvalue weighted by molar-refractivity contribution is 0.0934. The van der Waals surface area contributed by atoms with E-state index in [4.69, 9.17) is 0 Å². The van der Waals surface area contributed by atoms with Gasteiger partial charge in [0.25, 0.3) is 5.91 Å². The fourth-order valence-electron chi connectivity index (χ4n) is 1.86. The molecule has 1 amide bonds. The Labute approximate surface area is 106 Å². The van der Waals surface area contributed by atoms with Crippen molar-refractivity contribution in [1.29, 1.82) is 0 Å². The van der Waals surface area contributed by atoms with E-state index in [1.165, 1.54) is 0 Å². The number of aromatic nitrogens is 2. The Kier molecular flexibility index (Phi) is 3.77. The summed E-state index contributed by atoms with van der Waals surface area (Å²) in [7, 11) is 0. The summed E-state index contributed by atoms with van der Waals surface area (Å²) >= 11 is 0. The van der Waals surface area contributed by atoms with Crippen LogP contribution in [0.1, 0.15) is 41.1 Å². The van der Waals surface area contributed by atoms with Gasteiger partial charge in [0.15, 0.2) is 0 Å². The number of aryl methyl sites for hydroxylation is 1. The van der Waals surface area contributed by atoms with Gasteiger partial charge in [-0.1, -0.05) is 24.6 Å². The summed E-state index contributed by atoms with van der Waals surface area (Å²) < 4.78 is 0. The van der Waals surface area contributed by atoms with Crippen LogP contribution >= 0.6 is 0 Å². The van der Waals surface area contributed by atoms with Crippen molar-refractivity contribution in [2.24, 2.45) is 0 Å². The standard InChI is InChI=1S/C14H17N3O/c1-3-12(13-15-7-8-16-13)17-14(18)11-6-4-5-10(2)9-11/h4-9,12H,3H2,1-2H3,(H,15,16)(H,17,18). The Morgan fingerprint density at radius 2 is 2.33 bits per heavy atom. The van der Waals surface area contributed by atoms with Crippen LogP contribution in [0.2, 0.25) is 0 Å². The average molecular weight is 243 g/mol. The van der Waals surface area contributed by atoms with E-state index in [-0.39, 0.29) is 11.9 Å². The summed E-state index contributed by atoms with van der Waals surface area (Å²) in [4.78, 5) is 19.3. The Hall–Kier alpha value is -2.10. The van der Waals surface area contributed by atoms with Crippen molar-refractivity contribution in [1.82, 2.24) is 15.3 Å². The second-order valence-electron chi connectivity index (χ2n) is 4.28. The smallest absolute Gasteiger partial charge is 0.251 e. The first kappa shape index (κ1) is 12.4. The normalized spacial score (nSPS) is 12.1. The van der Waals surface area contributed by atoms with Gasteiger partial charge in [0, 0.05) is 18.0 Å². The molecule has 1 unspecified atom stereocenters. The van der Waals surface area contributed by atoms with Crippen molar-refractivity contribution >= 4 is 5.91 Å². The molecule has 0 aliphatic heterocycles. The van der Waals surface area contributed by atoms with Crippen molar-refractivity contribution in [2.75, 3.05) is 0 Å². The third-order valence-corrected chi connectivity index (χ3v) is 2.84. The molecule has 1 heterocycles. The zero-order chi connectivity index (χ0) is 13.0. The number of imidazole rings is 1. The van der Waals surface area contributed by atoms with Gasteiger partial charge in [0.1, 0.15) is 5.82 Å². The first-order valence-electron chi connectivity index (χ1n) is 6.07. The molecule has 1 aromatic carbocycles. The first-order valence-corrected chi connectivity index (χ1v) is 6.07. The summed E-state index contributed by atoms with van der Waals surface area (Å²) in [6, 6.07) is 7.48.